The topological polar surface area (TPSA) is 120 Å². The van der Waals surface area contributed by atoms with Gasteiger partial charge in [-0.15, -0.1) is 0 Å². The van der Waals surface area contributed by atoms with Gasteiger partial charge in [-0.3, -0.25) is 9.59 Å². The Morgan fingerprint density at radius 3 is 2.60 bits per heavy atom. The van der Waals surface area contributed by atoms with Crippen molar-refractivity contribution in [1.82, 2.24) is 4.98 Å². The van der Waals surface area contributed by atoms with E-state index in [2.05, 4.69) is 10.3 Å². The molecule has 0 bridgehead atoms. The minimum absolute atomic E-state index is 0.114. The van der Waals surface area contributed by atoms with Gasteiger partial charge < -0.3 is 21.5 Å². The normalized spacial score (nSPS) is 16.7. The second-order valence-electron chi connectivity index (χ2n) is 4.96. The minimum Gasteiger partial charge on any atom is -0.480 e. The van der Waals surface area contributed by atoms with Crippen LogP contribution in [0.4, 0.5) is 5.69 Å². The monoisotopic (exact) mass is 278 g/mol. The van der Waals surface area contributed by atoms with Gasteiger partial charge in [-0.2, -0.15) is 0 Å². The maximum absolute atomic E-state index is 12.2. The predicted molar refractivity (Wildman–Crippen MR) is 73.3 cm³/mol. The van der Waals surface area contributed by atoms with E-state index in [-0.39, 0.29) is 17.4 Å². The Hall–Kier alpha value is -2.15. The van der Waals surface area contributed by atoms with Crippen molar-refractivity contribution in [2.45, 2.75) is 31.2 Å². The fourth-order valence-corrected chi connectivity index (χ4v) is 2.35. The fourth-order valence-electron chi connectivity index (χ4n) is 2.35. The summed E-state index contributed by atoms with van der Waals surface area (Å²) in [6.45, 7) is 0. The van der Waals surface area contributed by atoms with Crippen LogP contribution in [-0.2, 0) is 4.79 Å². The molecule has 2 rings (SSSR count). The lowest BCUT2D eigenvalue weighted by molar-refractivity contribution is -0.121. The third-order valence-electron chi connectivity index (χ3n) is 3.52. The van der Waals surface area contributed by atoms with Crippen LogP contribution in [0.1, 0.15) is 36.0 Å². The highest BCUT2D eigenvalue weighted by Gasteiger charge is 2.37. The number of nitrogens with one attached hydrogen (secondary N) is 1. The van der Waals surface area contributed by atoms with Crippen LogP contribution >= 0.6 is 0 Å². The summed E-state index contributed by atoms with van der Waals surface area (Å²) in [5.74, 6) is -0.815. The molecule has 7 heteroatoms. The summed E-state index contributed by atoms with van der Waals surface area (Å²) < 4.78 is 4.94. The van der Waals surface area contributed by atoms with E-state index in [1.54, 1.807) is 0 Å². The van der Waals surface area contributed by atoms with Crippen LogP contribution in [0.2, 0.25) is 0 Å². The zero-order valence-electron chi connectivity index (χ0n) is 11.3. The predicted octanol–water partition coefficient (Wildman–Crippen LogP) is 0.399. The fraction of sp³-hybridized carbons (Fsp3) is 0.462. The maximum Gasteiger partial charge on any atom is 0.254 e. The van der Waals surface area contributed by atoms with Crippen LogP contribution in [0.15, 0.2) is 12.3 Å². The number of primary amides is 1. The van der Waals surface area contributed by atoms with Gasteiger partial charge in [-0.05, 0) is 18.9 Å². The Morgan fingerprint density at radius 1 is 1.40 bits per heavy atom. The van der Waals surface area contributed by atoms with Gasteiger partial charge in [0.15, 0.2) is 0 Å². The highest BCUT2D eigenvalue weighted by atomic mass is 16.5. The molecule has 0 unspecified atom stereocenters. The summed E-state index contributed by atoms with van der Waals surface area (Å²) in [7, 11) is 1.39. The lowest BCUT2D eigenvalue weighted by Gasteiger charge is -2.22. The first-order chi connectivity index (χ1) is 9.46. The van der Waals surface area contributed by atoms with Crippen LogP contribution in [-0.4, -0.2) is 29.4 Å². The Kier molecular flexibility index (Phi) is 3.89. The molecule has 1 aliphatic carbocycles. The van der Waals surface area contributed by atoms with Gasteiger partial charge in [-0.1, -0.05) is 12.8 Å². The molecule has 1 saturated carbocycles. The van der Waals surface area contributed by atoms with Gasteiger partial charge in [0, 0.05) is 0 Å². The molecule has 0 aromatic carbocycles. The highest BCUT2D eigenvalue weighted by molar-refractivity contribution is 6.00. The Balaban J connectivity index is 2.19. The molecule has 7 nitrogen and oxygen atoms in total. The van der Waals surface area contributed by atoms with Crippen molar-refractivity contribution in [2.24, 2.45) is 11.5 Å². The van der Waals surface area contributed by atoms with Gasteiger partial charge in [0.25, 0.3) is 5.91 Å². The number of hydrogen-bond acceptors (Lipinski definition) is 5. The molecule has 108 valence electrons. The van der Waals surface area contributed by atoms with Crippen molar-refractivity contribution in [1.29, 1.82) is 0 Å². The quantitative estimate of drug-likeness (QED) is 0.736. The first-order valence-electron chi connectivity index (χ1n) is 6.40. The number of ether oxygens (including phenoxy) is 1. The first-order valence-corrected chi connectivity index (χ1v) is 6.40. The summed E-state index contributed by atoms with van der Waals surface area (Å²) in [4.78, 5) is 27.4. The number of rotatable bonds is 4. The molecule has 1 fully saturated rings. The number of hydrogen-bond donors (Lipinski definition) is 3. The van der Waals surface area contributed by atoms with E-state index in [1.165, 1.54) is 19.4 Å². The molecule has 1 heterocycles. The van der Waals surface area contributed by atoms with Gasteiger partial charge in [0.2, 0.25) is 11.8 Å². The van der Waals surface area contributed by atoms with Crippen LogP contribution in [0.5, 0.6) is 5.88 Å². The smallest absolute Gasteiger partial charge is 0.254 e. The third-order valence-corrected chi connectivity index (χ3v) is 3.52. The molecule has 5 N–H and O–H groups in total. The molecule has 0 aliphatic heterocycles. The molecule has 1 aromatic rings. The number of anilines is 1. The SMILES string of the molecule is COc1ncc(NC(=O)C2(N)CCCC2)cc1C(N)=O. The number of carbonyl (C=O) groups excluding carboxylic acids is 2. The number of methoxy groups -OCH3 is 1. The minimum atomic E-state index is -0.840. The lowest BCUT2D eigenvalue weighted by Crippen LogP contribution is -2.48. The van der Waals surface area contributed by atoms with Crippen LogP contribution in [0.25, 0.3) is 0 Å². The molecule has 0 saturated heterocycles. The van der Waals surface area contributed by atoms with Gasteiger partial charge in [0.05, 0.1) is 24.5 Å². The van der Waals surface area contributed by atoms with E-state index in [0.717, 1.165) is 12.8 Å². The summed E-state index contributed by atoms with van der Waals surface area (Å²) in [5, 5.41) is 2.68. The van der Waals surface area contributed by atoms with E-state index in [0.29, 0.717) is 18.5 Å². The zero-order valence-corrected chi connectivity index (χ0v) is 11.3. The number of pyridine rings is 1. The van der Waals surface area contributed by atoms with Gasteiger partial charge in [-0.25, -0.2) is 4.98 Å². The molecule has 2 amide bonds. The molecular formula is C13H18N4O3. The van der Waals surface area contributed by atoms with Crippen LogP contribution < -0.4 is 21.5 Å². The zero-order chi connectivity index (χ0) is 14.8. The molecule has 20 heavy (non-hydrogen) atoms. The Bertz CT molecular complexity index is 538. The summed E-state index contributed by atoms with van der Waals surface area (Å²) in [6, 6.07) is 1.43. The highest BCUT2D eigenvalue weighted by Crippen LogP contribution is 2.28. The largest absolute Gasteiger partial charge is 0.480 e. The van der Waals surface area contributed by atoms with E-state index < -0.39 is 11.4 Å². The molecule has 1 aliphatic rings. The van der Waals surface area contributed by atoms with E-state index in [1.807, 2.05) is 0 Å². The van der Waals surface area contributed by atoms with E-state index >= 15 is 0 Å². The number of carbonyl (C=O) groups is 2. The van der Waals surface area contributed by atoms with Crippen molar-refractivity contribution < 1.29 is 14.3 Å². The summed E-state index contributed by atoms with van der Waals surface area (Å²) >= 11 is 0. The molecule has 0 radical (unpaired) electrons. The number of nitrogens with two attached hydrogens (primary N) is 2. The molecular weight excluding hydrogens is 260 g/mol. The van der Waals surface area contributed by atoms with Gasteiger partial charge >= 0.3 is 0 Å². The van der Waals surface area contributed by atoms with E-state index in [4.69, 9.17) is 16.2 Å². The van der Waals surface area contributed by atoms with Crippen LogP contribution in [0, 0.1) is 0 Å². The summed E-state index contributed by atoms with van der Waals surface area (Å²) in [6.07, 6.45) is 4.60. The Labute approximate surface area is 116 Å². The summed E-state index contributed by atoms with van der Waals surface area (Å²) in [5.41, 5.74) is 10.9. The second kappa shape index (κ2) is 5.46. The number of amides is 2. The molecule has 1 aromatic heterocycles. The molecule has 0 atom stereocenters. The number of nitrogens with zero attached hydrogens (tertiary/aromatic N) is 1. The first kappa shape index (κ1) is 14.3. The lowest BCUT2D eigenvalue weighted by atomic mass is 9.98. The number of aromatic nitrogens is 1. The Morgan fingerprint density at radius 2 is 2.05 bits per heavy atom. The maximum atomic E-state index is 12.2. The standard InChI is InChI=1S/C13H18N4O3/c1-20-11-9(10(14)18)6-8(7-16-11)17-12(19)13(15)4-2-3-5-13/h6-7H,2-5,15H2,1H3,(H2,14,18)(H,17,19). The average molecular weight is 278 g/mol. The second-order valence-corrected chi connectivity index (χ2v) is 4.96. The van der Waals surface area contributed by atoms with Crippen molar-refractivity contribution >= 4 is 17.5 Å². The third kappa shape index (κ3) is 2.72. The van der Waals surface area contributed by atoms with Crippen molar-refractivity contribution in [3.05, 3.63) is 17.8 Å². The van der Waals surface area contributed by atoms with Crippen LogP contribution in [0.3, 0.4) is 0 Å². The van der Waals surface area contributed by atoms with Crippen molar-refractivity contribution in [3.8, 4) is 5.88 Å². The van der Waals surface area contributed by atoms with Crippen molar-refractivity contribution in [3.63, 3.8) is 0 Å². The average Bonchev–Trinajstić information content (AvgIpc) is 2.87. The van der Waals surface area contributed by atoms with Gasteiger partial charge in [0.1, 0.15) is 5.56 Å². The van der Waals surface area contributed by atoms with E-state index in [9.17, 15) is 9.59 Å². The van der Waals surface area contributed by atoms with Crippen molar-refractivity contribution in [2.75, 3.05) is 12.4 Å². The molecule has 0 spiro atoms.